The second kappa shape index (κ2) is 7.35. The van der Waals surface area contributed by atoms with Crippen molar-refractivity contribution in [2.24, 2.45) is 5.73 Å². The van der Waals surface area contributed by atoms with E-state index in [-0.39, 0.29) is 11.7 Å². The fourth-order valence-electron chi connectivity index (χ4n) is 2.78. The van der Waals surface area contributed by atoms with Crippen LogP contribution in [0.1, 0.15) is 40.6 Å². The number of fused-ring (bicyclic) bond motifs is 1. The van der Waals surface area contributed by atoms with Crippen LogP contribution in [-0.2, 0) is 24.2 Å². The maximum atomic E-state index is 12.3. The minimum Gasteiger partial charge on any atom is -0.365 e. The lowest BCUT2D eigenvalue weighted by molar-refractivity contribution is -0.113. The Hall–Kier alpha value is -1.87. The van der Waals surface area contributed by atoms with Gasteiger partial charge < -0.3 is 15.6 Å². The molecule has 2 heterocycles. The molecule has 128 valence electrons. The number of nitrogens with two attached hydrogens (primary N) is 1. The van der Waals surface area contributed by atoms with Crippen molar-refractivity contribution in [2.75, 3.05) is 11.1 Å². The third-order valence-electron chi connectivity index (χ3n) is 3.92. The molecule has 2 amide bonds. The molecule has 7 nitrogen and oxygen atoms in total. The molecule has 0 aromatic carbocycles. The SMILES string of the molecule is CCn1cnnc1SCC(=O)Nc1sc2c(c1C(N)=O)CCCC2. The number of amides is 2. The Balaban J connectivity index is 1.70. The van der Waals surface area contributed by atoms with Gasteiger partial charge in [0.1, 0.15) is 11.3 Å². The Morgan fingerprint density at radius 1 is 1.42 bits per heavy atom. The molecule has 0 radical (unpaired) electrons. The Morgan fingerprint density at radius 2 is 2.21 bits per heavy atom. The first-order chi connectivity index (χ1) is 11.6. The van der Waals surface area contributed by atoms with Crippen molar-refractivity contribution < 1.29 is 9.59 Å². The van der Waals surface area contributed by atoms with Crippen LogP contribution in [0.2, 0.25) is 0 Å². The molecule has 1 aliphatic rings. The minimum absolute atomic E-state index is 0.174. The van der Waals surface area contributed by atoms with Crippen LogP contribution in [0.3, 0.4) is 0 Å². The van der Waals surface area contributed by atoms with Crippen LogP contribution in [0.25, 0.3) is 0 Å². The molecular weight excluding hydrogens is 346 g/mol. The summed E-state index contributed by atoms with van der Waals surface area (Å²) in [5.41, 5.74) is 7.05. The van der Waals surface area contributed by atoms with E-state index in [1.807, 2.05) is 11.5 Å². The lowest BCUT2D eigenvalue weighted by atomic mass is 9.95. The number of hydrogen-bond acceptors (Lipinski definition) is 6. The van der Waals surface area contributed by atoms with Gasteiger partial charge in [0.05, 0.1) is 11.3 Å². The molecule has 9 heteroatoms. The van der Waals surface area contributed by atoms with Crippen LogP contribution in [0.5, 0.6) is 0 Å². The Morgan fingerprint density at radius 3 is 2.96 bits per heavy atom. The third kappa shape index (κ3) is 3.46. The van der Waals surface area contributed by atoms with E-state index in [2.05, 4.69) is 15.5 Å². The molecule has 0 saturated heterocycles. The molecule has 1 aliphatic carbocycles. The molecule has 0 aliphatic heterocycles. The van der Waals surface area contributed by atoms with E-state index in [9.17, 15) is 9.59 Å². The number of carbonyl (C=O) groups excluding carboxylic acids is 2. The molecule has 2 aromatic heterocycles. The summed E-state index contributed by atoms with van der Waals surface area (Å²) in [7, 11) is 0. The number of aromatic nitrogens is 3. The number of thioether (sulfide) groups is 1. The van der Waals surface area contributed by atoms with Crippen molar-refractivity contribution >= 4 is 39.9 Å². The number of carbonyl (C=O) groups is 2. The van der Waals surface area contributed by atoms with E-state index in [4.69, 9.17) is 5.73 Å². The highest BCUT2D eigenvalue weighted by atomic mass is 32.2. The van der Waals surface area contributed by atoms with Crippen LogP contribution >= 0.6 is 23.1 Å². The van der Waals surface area contributed by atoms with Crippen LogP contribution in [0.4, 0.5) is 5.00 Å². The molecule has 3 rings (SSSR count). The van der Waals surface area contributed by atoms with Gasteiger partial charge in [0.2, 0.25) is 5.91 Å². The predicted molar refractivity (Wildman–Crippen MR) is 94.5 cm³/mol. The summed E-state index contributed by atoms with van der Waals surface area (Å²) >= 11 is 2.79. The Labute approximate surface area is 148 Å². The summed E-state index contributed by atoms with van der Waals surface area (Å²) in [6.45, 7) is 2.74. The average Bonchev–Trinajstić information content (AvgIpc) is 3.16. The van der Waals surface area contributed by atoms with Crippen LogP contribution in [0, 0.1) is 0 Å². The Bertz CT molecular complexity index is 768. The van der Waals surface area contributed by atoms with E-state index >= 15 is 0 Å². The normalized spacial score (nSPS) is 13.5. The molecule has 2 aromatic rings. The third-order valence-corrected chi connectivity index (χ3v) is 6.11. The number of primary amides is 1. The van der Waals surface area contributed by atoms with Gasteiger partial charge in [0.15, 0.2) is 5.16 Å². The first kappa shape index (κ1) is 17.0. The number of nitrogens with one attached hydrogen (secondary N) is 1. The van der Waals surface area contributed by atoms with Crippen molar-refractivity contribution in [1.29, 1.82) is 0 Å². The highest BCUT2D eigenvalue weighted by Gasteiger charge is 2.25. The van der Waals surface area contributed by atoms with Crippen LogP contribution in [0.15, 0.2) is 11.5 Å². The van der Waals surface area contributed by atoms with Gasteiger partial charge in [-0.05, 0) is 38.2 Å². The topological polar surface area (TPSA) is 103 Å². The van der Waals surface area contributed by atoms with Gasteiger partial charge in [-0.2, -0.15) is 0 Å². The van der Waals surface area contributed by atoms with Gasteiger partial charge in [-0.15, -0.1) is 21.5 Å². The smallest absolute Gasteiger partial charge is 0.251 e. The molecule has 3 N–H and O–H groups in total. The van der Waals surface area contributed by atoms with Crippen molar-refractivity contribution in [1.82, 2.24) is 14.8 Å². The van der Waals surface area contributed by atoms with E-state index in [0.29, 0.717) is 15.7 Å². The standard InChI is InChI=1S/C15H19N5O2S2/c1-2-20-8-17-19-15(20)23-7-11(21)18-14-12(13(16)22)9-5-3-4-6-10(9)24-14/h8H,2-7H2,1H3,(H2,16,22)(H,18,21). The second-order valence-corrected chi connectivity index (χ2v) is 7.56. The number of anilines is 1. The summed E-state index contributed by atoms with van der Waals surface area (Å²) < 4.78 is 1.87. The molecule has 0 unspecified atom stereocenters. The van der Waals surface area contributed by atoms with Crippen molar-refractivity contribution in [3.63, 3.8) is 0 Å². The van der Waals surface area contributed by atoms with Gasteiger partial charge in [-0.3, -0.25) is 9.59 Å². The molecule has 0 bridgehead atoms. The summed E-state index contributed by atoms with van der Waals surface area (Å²) in [6, 6.07) is 0. The van der Waals surface area contributed by atoms with Gasteiger partial charge in [-0.25, -0.2) is 0 Å². The fourth-order valence-corrected chi connectivity index (χ4v) is 4.87. The van der Waals surface area contributed by atoms with Gasteiger partial charge in [0, 0.05) is 11.4 Å². The second-order valence-electron chi connectivity index (χ2n) is 5.52. The summed E-state index contributed by atoms with van der Waals surface area (Å²) in [5.74, 6) is -0.436. The molecule has 0 saturated carbocycles. The number of thiophene rings is 1. The predicted octanol–water partition coefficient (Wildman–Crippen LogP) is 2.07. The fraction of sp³-hybridized carbons (Fsp3) is 0.467. The monoisotopic (exact) mass is 365 g/mol. The number of nitrogens with zero attached hydrogens (tertiary/aromatic N) is 3. The van der Waals surface area contributed by atoms with E-state index in [1.165, 1.54) is 28.0 Å². The zero-order chi connectivity index (χ0) is 17.1. The molecule has 0 spiro atoms. The molecular formula is C15H19N5O2S2. The first-order valence-electron chi connectivity index (χ1n) is 7.85. The maximum absolute atomic E-state index is 12.3. The quantitative estimate of drug-likeness (QED) is 0.763. The molecule has 0 atom stereocenters. The first-order valence-corrected chi connectivity index (χ1v) is 9.65. The van der Waals surface area contributed by atoms with Crippen molar-refractivity contribution in [3.8, 4) is 0 Å². The van der Waals surface area contributed by atoms with Crippen LogP contribution in [-0.4, -0.2) is 32.3 Å². The number of hydrogen-bond donors (Lipinski definition) is 2. The highest BCUT2D eigenvalue weighted by molar-refractivity contribution is 7.99. The molecule has 24 heavy (non-hydrogen) atoms. The lowest BCUT2D eigenvalue weighted by Gasteiger charge is -2.11. The summed E-state index contributed by atoms with van der Waals surface area (Å²) in [6.07, 6.45) is 5.61. The van der Waals surface area contributed by atoms with Crippen molar-refractivity contribution in [3.05, 3.63) is 22.3 Å². The zero-order valence-corrected chi connectivity index (χ0v) is 15.0. The Kier molecular flexibility index (Phi) is 5.20. The largest absolute Gasteiger partial charge is 0.365 e. The van der Waals surface area contributed by atoms with Gasteiger partial charge in [0.25, 0.3) is 5.91 Å². The van der Waals surface area contributed by atoms with Gasteiger partial charge >= 0.3 is 0 Å². The zero-order valence-electron chi connectivity index (χ0n) is 13.4. The van der Waals surface area contributed by atoms with Crippen LogP contribution < -0.4 is 11.1 Å². The van der Waals surface area contributed by atoms with E-state index in [1.54, 1.807) is 6.33 Å². The minimum atomic E-state index is -0.469. The lowest BCUT2D eigenvalue weighted by Crippen LogP contribution is -2.19. The number of aryl methyl sites for hydroxylation is 2. The average molecular weight is 365 g/mol. The van der Waals surface area contributed by atoms with E-state index in [0.717, 1.165) is 37.8 Å². The number of rotatable bonds is 6. The van der Waals surface area contributed by atoms with Crippen molar-refractivity contribution in [2.45, 2.75) is 44.3 Å². The van der Waals surface area contributed by atoms with Gasteiger partial charge in [-0.1, -0.05) is 11.8 Å². The summed E-state index contributed by atoms with van der Waals surface area (Å²) in [4.78, 5) is 25.2. The summed E-state index contributed by atoms with van der Waals surface area (Å²) in [5, 5.41) is 12.0. The maximum Gasteiger partial charge on any atom is 0.251 e. The van der Waals surface area contributed by atoms with E-state index < -0.39 is 5.91 Å². The molecule has 0 fully saturated rings. The highest BCUT2D eigenvalue weighted by Crippen LogP contribution is 2.37.